The molecule has 184 valence electrons. The fourth-order valence-corrected chi connectivity index (χ4v) is 4.87. The first-order valence-corrected chi connectivity index (χ1v) is 13.1. The van der Waals surface area contributed by atoms with E-state index in [1.54, 1.807) is 24.3 Å². The number of aromatic amines is 1. The number of rotatable bonds is 6. The zero-order valence-electron chi connectivity index (χ0n) is 20.4. The highest BCUT2D eigenvalue weighted by molar-refractivity contribution is 7.90. The average Bonchev–Trinajstić information content (AvgIpc) is 3.16. The zero-order valence-corrected chi connectivity index (χ0v) is 21.2. The lowest BCUT2D eigenvalue weighted by atomic mass is 9.91. The minimum absolute atomic E-state index is 0.182. The summed E-state index contributed by atoms with van der Waals surface area (Å²) in [5.41, 5.74) is 6.42. The maximum absolute atomic E-state index is 13.4. The number of ether oxygens (including phenoxy) is 1. The van der Waals surface area contributed by atoms with Crippen LogP contribution in [0.1, 0.15) is 32.1 Å². The fourth-order valence-electron chi connectivity index (χ4n) is 4.24. The van der Waals surface area contributed by atoms with E-state index in [1.165, 1.54) is 19.2 Å². The predicted molar refractivity (Wildman–Crippen MR) is 140 cm³/mol. The van der Waals surface area contributed by atoms with Crippen molar-refractivity contribution < 1.29 is 22.7 Å². The zero-order chi connectivity index (χ0) is 26.0. The highest BCUT2D eigenvalue weighted by Gasteiger charge is 2.23. The number of aryl methyl sites for hydroxylation is 2. The summed E-state index contributed by atoms with van der Waals surface area (Å²) in [6, 6.07) is 20.9. The first-order chi connectivity index (χ1) is 17.1. The highest BCUT2D eigenvalue weighted by Crippen LogP contribution is 2.37. The lowest BCUT2D eigenvalue weighted by Crippen LogP contribution is -2.14. The molecule has 0 spiro atoms. The van der Waals surface area contributed by atoms with Crippen molar-refractivity contribution in [1.82, 2.24) is 4.98 Å². The van der Waals surface area contributed by atoms with Crippen molar-refractivity contribution in [3.63, 3.8) is 0 Å². The number of sulfone groups is 1. The van der Waals surface area contributed by atoms with E-state index in [-0.39, 0.29) is 10.8 Å². The second-order valence-corrected chi connectivity index (χ2v) is 10.5. The third-order valence-corrected chi connectivity index (χ3v) is 7.08. The monoisotopic (exact) mass is 502 g/mol. The summed E-state index contributed by atoms with van der Waals surface area (Å²) in [6.07, 6.45) is 1.14. The summed E-state index contributed by atoms with van der Waals surface area (Å²) in [7, 11) is -1.99. The van der Waals surface area contributed by atoms with Gasteiger partial charge in [-0.2, -0.15) is 0 Å². The number of carbonyl (C=O) groups excluding carboxylic acids is 2. The van der Waals surface area contributed by atoms with Gasteiger partial charge < -0.3 is 15.0 Å². The van der Waals surface area contributed by atoms with Crippen molar-refractivity contribution in [2.75, 3.05) is 18.7 Å². The van der Waals surface area contributed by atoms with E-state index in [4.69, 9.17) is 4.74 Å². The molecule has 0 fully saturated rings. The van der Waals surface area contributed by atoms with E-state index in [0.29, 0.717) is 22.5 Å². The van der Waals surface area contributed by atoms with Gasteiger partial charge in [-0.05, 0) is 66.9 Å². The minimum Gasteiger partial charge on any atom is -0.465 e. The van der Waals surface area contributed by atoms with Crippen molar-refractivity contribution in [1.29, 1.82) is 0 Å². The van der Waals surface area contributed by atoms with Gasteiger partial charge in [-0.1, -0.05) is 36.4 Å². The highest BCUT2D eigenvalue weighted by atomic mass is 32.2. The molecule has 0 aliphatic heterocycles. The van der Waals surface area contributed by atoms with Crippen LogP contribution >= 0.6 is 0 Å². The van der Waals surface area contributed by atoms with E-state index in [0.717, 1.165) is 34.2 Å². The van der Waals surface area contributed by atoms with E-state index < -0.39 is 15.8 Å². The number of amides is 1. The standard InChI is InChI=1S/C28H26N2O5S/c1-17-25(24-8-6-5-7-23(24)19-9-11-20(12-10-19)28(32)35-3)26(18(2)29-17)27(31)30-21-13-15-22(16-14-21)36(4,33)34/h5-16,29H,1-4H3,(H,30,31). The molecule has 2 N–H and O–H groups in total. The molecule has 0 bridgehead atoms. The molecule has 0 unspecified atom stereocenters. The lowest BCUT2D eigenvalue weighted by Gasteiger charge is -2.13. The molecule has 1 heterocycles. The van der Waals surface area contributed by atoms with Crippen LogP contribution in [-0.4, -0.2) is 38.6 Å². The molecule has 8 heteroatoms. The van der Waals surface area contributed by atoms with Crippen molar-refractivity contribution in [3.05, 3.63) is 95.3 Å². The van der Waals surface area contributed by atoms with Crippen molar-refractivity contribution >= 4 is 27.4 Å². The Morgan fingerprint density at radius 3 is 2.03 bits per heavy atom. The lowest BCUT2D eigenvalue weighted by molar-refractivity contribution is 0.0600. The first kappa shape index (κ1) is 24.9. The van der Waals surface area contributed by atoms with Crippen LogP contribution in [0.15, 0.2) is 77.7 Å². The fraction of sp³-hybridized carbons (Fsp3) is 0.143. The van der Waals surface area contributed by atoms with Gasteiger partial charge in [0.25, 0.3) is 5.91 Å². The Bertz CT molecular complexity index is 1550. The Kier molecular flexibility index (Phi) is 6.81. The molecule has 0 aliphatic rings. The summed E-state index contributed by atoms with van der Waals surface area (Å²) < 4.78 is 28.3. The van der Waals surface area contributed by atoms with Crippen LogP contribution in [0, 0.1) is 13.8 Å². The van der Waals surface area contributed by atoms with Crippen molar-refractivity contribution in [3.8, 4) is 22.3 Å². The van der Waals surface area contributed by atoms with Gasteiger partial charge in [0.15, 0.2) is 9.84 Å². The SMILES string of the molecule is COC(=O)c1ccc(-c2ccccc2-c2c(C)[nH]c(C)c2C(=O)Nc2ccc(S(C)(=O)=O)cc2)cc1. The molecule has 0 atom stereocenters. The number of anilines is 1. The van der Waals surface area contributed by atoms with E-state index in [9.17, 15) is 18.0 Å². The molecule has 7 nitrogen and oxygen atoms in total. The number of nitrogens with one attached hydrogen (secondary N) is 2. The Labute approximate surface area is 210 Å². The molecule has 3 aromatic carbocycles. The summed E-state index contributed by atoms with van der Waals surface area (Å²) in [5.74, 6) is -0.717. The molecular formula is C28H26N2O5S. The van der Waals surface area contributed by atoms with Gasteiger partial charge in [0.05, 0.1) is 23.1 Å². The van der Waals surface area contributed by atoms with Crippen LogP contribution in [0.3, 0.4) is 0 Å². The van der Waals surface area contributed by atoms with Gasteiger partial charge in [0.1, 0.15) is 0 Å². The van der Waals surface area contributed by atoms with Crippen LogP contribution in [0.25, 0.3) is 22.3 Å². The van der Waals surface area contributed by atoms with Gasteiger partial charge in [0, 0.05) is 28.9 Å². The third kappa shape index (κ3) is 4.94. The number of aromatic nitrogens is 1. The van der Waals surface area contributed by atoms with Gasteiger partial charge in [-0.3, -0.25) is 4.79 Å². The van der Waals surface area contributed by atoms with Gasteiger partial charge >= 0.3 is 5.97 Å². The molecule has 1 aromatic heterocycles. The summed E-state index contributed by atoms with van der Waals surface area (Å²) >= 11 is 0. The molecule has 0 saturated carbocycles. The van der Waals surface area contributed by atoms with Crippen LogP contribution < -0.4 is 5.32 Å². The number of benzene rings is 3. The second-order valence-electron chi connectivity index (χ2n) is 8.49. The Balaban J connectivity index is 1.73. The molecule has 4 rings (SSSR count). The minimum atomic E-state index is -3.33. The molecule has 0 aliphatic carbocycles. The largest absolute Gasteiger partial charge is 0.465 e. The normalized spacial score (nSPS) is 11.2. The molecule has 4 aromatic rings. The second kappa shape index (κ2) is 9.83. The summed E-state index contributed by atoms with van der Waals surface area (Å²) in [6.45, 7) is 3.75. The number of methoxy groups -OCH3 is 1. The molecular weight excluding hydrogens is 476 g/mol. The van der Waals surface area contributed by atoms with E-state index in [1.807, 2.05) is 50.2 Å². The number of hydrogen-bond donors (Lipinski definition) is 2. The third-order valence-electron chi connectivity index (χ3n) is 5.96. The van der Waals surface area contributed by atoms with Crippen LogP contribution in [-0.2, 0) is 14.6 Å². The maximum atomic E-state index is 13.4. The number of H-pyrrole nitrogens is 1. The topological polar surface area (TPSA) is 105 Å². The number of carbonyl (C=O) groups is 2. The average molecular weight is 503 g/mol. The maximum Gasteiger partial charge on any atom is 0.337 e. The Hall–Kier alpha value is -4.17. The van der Waals surface area contributed by atoms with Crippen molar-refractivity contribution in [2.24, 2.45) is 0 Å². The summed E-state index contributed by atoms with van der Waals surface area (Å²) in [4.78, 5) is 28.7. The first-order valence-electron chi connectivity index (χ1n) is 11.2. The Morgan fingerprint density at radius 2 is 1.44 bits per heavy atom. The van der Waals surface area contributed by atoms with Crippen LogP contribution in [0.5, 0.6) is 0 Å². The van der Waals surface area contributed by atoms with Crippen LogP contribution in [0.2, 0.25) is 0 Å². The predicted octanol–water partition coefficient (Wildman–Crippen LogP) is 5.41. The molecule has 0 saturated heterocycles. The Morgan fingerprint density at radius 1 is 0.833 bits per heavy atom. The van der Waals surface area contributed by atoms with E-state index in [2.05, 4.69) is 10.3 Å². The van der Waals surface area contributed by atoms with Crippen molar-refractivity contribution in [2.45, 2.75) is 18.7 Å². The molecule has 1 amide bonds. The van der Waals surface area contributed by atoms with Crippen LogP contribution in [0.4, 0.5) is 5.69 Å². The number of esters is 1. The van der Waals surface area contributed by atoms with Gasteiger partial charge in [0.2, 0.25) is 0 Å². The van der Waals surface area contributed by atoms with Gasteiger partial charge in [-0.25, -0.2) is 13.2 Å². The van der Waals surface area contributed by atoms with Gasteiger partial charge in [-0.15, -0.1) is 0 Å². The summed E-state index contributed by atoms with van der Waals surface area (Å²) in [5, 5.41) is 2.88. The quantitative estimate of drug-likeness (QED) is 0.343. The number of hydrogen-bond acceptors (Lipinski definition) is 5. The molecule has 36 heavy (non-hydrogen) atoms. The molecule has 0 radical (unpaired) electrons. The smallest absolute Gasteiger partial charge is 0.337 e. The van der Waals surface area contributed by atoms with E-state index >= 15 is 0 Å².